The van der Waals surface area contributed by atoms with Gasteiger partial charge in [0.05, 0.1) is 12.1 Å². The Balaban J connectivity index is 1.90. The molecule has 0 unspecified atom stereocenters. The number of benzene rings is 2. The lowest BCUT2D eigenvalue weighted by Crippen LogP contribution is -2.33. The van der Waals surface area contributed by atoms with Crippen LogP contribution in [0.4, 0.5) is 10.1 Å². The van der Waals surface area contributed by atoms with E-state index >= 15 is 0 Å². The molecule has 2 N–H and O–H groups in total. The molecule has 2 aromatic carbocycles. The highest BCUT2D eigenvalue weighted by Gasteiger charge is 2.10. The quantitative estimate of drug-likeness (QED) is 0.890. The molecule has 0 spiro atoms. The molecular formula is C15H12BrFN2O2. The van der Waals surface area contributed by atoms with Crippen LogP contribution < -0.4 is 10.6 Å². The summed E-state index contributed by atoms with van der Waals surface area (Å²) in [5.74, 6) is -1.23. The number of halogens is 2. The molecular weight excluding hydrogens is 339 g/mol. The summed E-state index contributed by atoms with van der Waals surface area (Å²) in [4.78, 5) is 23.6. The zero-order valence-corrected chi connectivity index (χ0v) is 12.5. The summed E-state index contributed by atoms with van der Waals surface area (Å²) in [6.07, 6.45) is 0. The maximum atomic E-state index is 13.0. The minimum atomic E-state index is -0.440. The Hall–Kier alpha value is -2.21. The number of carbonyl (C=O) groups is 2. The number of amides is 2. The molecule has 0 heterocycles. The summed E-state index contributed by atoms with van der Waals surface area (Å²) in [5, 5.41) is 5.00. The van der Waals surface area contributed by atoms with E-state index in [1.54, 1.807) is 30.3 Å². The van der Waals surface area contributed by atoms with Crippen molar-refractivity contribution in [2.24, 2.45) is 0 Å². The Morgan fingerprint density at radius 2 is 1.86 bits per heavy atom. The second-order valence-corrected chi connectivity index (χ2v) is 5.08. The lowest BCUT2D eigenvalue weighted by molar-refractivity contribution is -0.115. The third-order valence-corrected chi connectivity index (χ3v) is 3.33. The van der Waals surface area contributed by atoms with Crippen molar-refractivity contribution in [2.75, 3.05) is 11.9 Å². The summed E-state index contributed by atoms with van der Waals surface area (Å²) in [6, 6.07) is 12.4. The normalized spacial score (nSPS) is 10.0. The predicted octanol–water partition coefficient (Wildman–Crippen LogP) is 2.96. The van der Waals surface area contributed by atoms with Crippen molar-refractivity contribution in [2.45, 2.75) is 0 Å². The smallest absolute Gasteiger partial charge is 0.252 e. The van der Waals surface area contributed by atoms with Gasteiger partial charge in [-0.1, -0.05) is 18.2 Å². The Kier molecular flexibility index (Phi) is 5.05. The fourth-order valence-electron chi connectivity index (χ4n) is 1.67. The van der Waals surface area contributed by atoms with Gasteiger partial charge >= 0.3 is 0 Å². The standard InChI is InChI=1S/C15H12BrFN2O2/c16-13-7-2-1-6-12(13)15(21)18-9-14(20)19-11-5-3-4-10(17)8-11/h1-8H,9H2,(H,18,21)(H,19,20). The van der Waals surface area contributed by atoms with Crippen molar-refractivity contribution in [3.63, 3.8) is 0 Å². The molecule has 0 aliphatic carbocycles. The van der Waals surface area contributed by atoms with Gasteiger partial charge in [-0.25, -0.2) is 4.39 Å². The van der Waals surface area contributed by atoms with Crippen LogP contribution in [0.5, 0.6) is 0 Å². The van der Waals surface area contributed by atoms with Crippen LogP contribution in [0, 0.1) is 5.82 Å². The molecule has 2 amide bonds. The van der Waals surface area contributed by atoms with E-state index in [0.29, 0.717) is 15.7 Å². The number of rotatable bonds is 4. The first-order valence-electron chi connectivity index (χ1n) is 6.14. The Morgan fingerprint density at radius 3 is 2.57 bits per heavy atom. The number of hydrogen-bond acceptors (Lipinski definition) is 2. The van der Waals surface area contributed by atoms with Crippen LogP contribution in [0.15, 0.2) is 53.0 Å². The van der Waals surface area contributed by atoms with E-state index < -0.39 is 11.7 Å². The Morgan fingerprint density at radius 1 is 1.10 bits per heavy atom. The number of hydrogen-bond donors (Lipinski definition) is 2. The SMILES string of the molecule is O=C(CNC(=O)c1ccccc1Br)Nc1cccc(F)c1. The lowest BCUT2D eigenvalue weighted by Gasteiger charge is -2.08. The minimum absolute atomic E-state index is 0.198. The topological polar surface area (TPSA) is 58.2 Å². The third-order valence-electron chi connectivity index (χ3n) is 2.64. The van der Waals surface area contributed by atoms with E-state index in [4.69, 9.17) is 0 Å². The van der Waals surface area contributed by atoms with Gasteiger partial charge in [-0.15, -0.1) is 0 Å². The molecule has 0 bridgehead atoms. The largest absolute Gasteiger partial charge is 0.343 e. The van der Waals surface area contributed by atoms with Gasteiger partial charge in [0.25, 0.3) is 5.91 Å². The number of carbonyl (C=O) groups excluding carboxylic acids is 2. The molecule has 0 aliphatic rings. The molecule has 6 heteroatoms. The Bertz CT molecular complexity index is 676. The molecule has 0 atom stereocenters. The highest BCUT2D eigenvalue weighted by molar-refractivity contribution is 9.10. The zero-order valence-electron chi connectivity index (χ0n) is 10.9. The van der Waals surface area contributed by atoms with Gasteiger partial charge in [0, 0.05) is 10.2 Å². The summed E-state index contributed by atoms with van der Waals surface area (Å²) < 4.78 is 13.6. The van der Waals surface area contributed by atoms with Crippen molar-refractivity contribution < 1.29 is 14.0 Å². The third kappa shape index (κ3) is 4.39. The van der Waals surface area contributed by atoms with E-state index in [1.807, 2.05) is 0 Å². The minimum Gasteiger partial charge on any atom is -0.343 e. The van der Waals surface area contributed by atoms with Gasteiger partial charge in [0.15, 0.2) is 0 Å². The summed E-state index contributed by atoms with van der Waals surface area (Å²) in [5.41, 5.74) is 0.784. The van der Waals surface area contributed by atoms with Gasteiger partial charge in [0.1, 0.15) is 5.82 Å². The highest BCUT2D eigenvalue weighted by atomic mass is 79.9. The predicted molar refractivity (Wildman–Crippen MR) is 81.5 cm³/mol. The van der Waals surface area contributed by atoms with E-state index in [0.717, 1.165) is 0 Å². The molecule has 0 aromatic heterocycles. The van der Waals surface area contributed by atoms with E-state index in [2.05, 4.69) is 26.6 Å². The maximum Gasteiger partial charge on any atom is 0.252 e. The van der Waals surface area contributed by atoms with Crippen LogP contribution in [0.2, 0.25) is 0 Å². The van der Waals surface area contributed by atoms with Crippen LogP contribution in [-0.4, -0.2) is 18.4 Å². The van der Waals surface area contributed by atoms with E-state index in [1.165, 1.54) is 18.2 Å². The number of nitrogens with one attached hydrogen (secondary N) is 2. The molecule has 2 aromatic rings. The average Bonchev–Trinajstić information content (AvgIpc) is 2.45. The fraction of sp³-hybridized carbons (Fsp3) is 0.0667. The van der Waals surface area contributed by atoms with Gasteiger partial charge in [-0.05, 0) is 46.3 Å². The number of anilines is 1. The van der Waals surface area contributed by atoms with Gasteiger partial charge in [-0.3, -0.25) is 9.59 Å². The van der Waals surface area contributed by atoms with E-state index in [-0.39, 0.29) is 12.5 Å². The first-order chi connectivity index (χ1) is 10.1. The van der Waals surface area contributed by atoms with Crippen LogP contribution >= 0.6 is 15.9 Å². The molecule has 4 nitrogen and oxygen atoms in total. The van der Waals surface area contributed by atoms with Crippen LogP contribution in [0.3, 0.4) is 0 Å². The molecule has 0 saturated carbocycles. The van der Waals surface area contributed by atoms with Crippen molar-refractivity contribution >= 4 is 33.4 Å². The molecule has 0 radical (unpaired) electrons. The summed E-state index contributed by atoms with van der Waals surface area (Å²) in [7, 11) is 0. The van der Waals surface area contributed by atoms with Crippen molar-refractivity contribution in [3.8, 4) is 0 Å². The average molecular weight is 351 g/mol. The first-order valence-corrected chi connectivity index (χ1v) is 6.94. The van der Waals surface area contributed by atoms with Gasteiger partial charge in [0.2, 0.25) is 5.91 Å². The second-order valence-electron chi connectivity index (χ2n) is 4.22. The monoisotopic (exact) mass is 350 g/mol. The summed E-state index contributed by atoms with van der Waals surface area (Å²) >= 11 is 3.26. The summed E-state index contributed by atoms with van der Waals surface area (Å²) in [6.45, 7) is -0.198. The van der Waals surface area contributed by atoms with E-state index in [9.17, 15) is 14.0 Å². The van der Waals surface area contributed by atoms with Gasteiger partial charge < -0.3 is 10.6 Å². The second kappa shape index (κ2) is 6.99. The van der Waals surface area contributed by atoms with Gasteiger partial charge in [-0.2, -0.15) is 0 Å². The fourth-order valence-corrected chi connectivity index (χ4v) is 2.14. The van der Waals surface area contributed by atoms with Crippen LogP contribution in [0.1, 0.15) is 10.4 Å². The molecule has 0 aliphatic heterocycles. The first kappa shape index (κ1) is 15.2. The van der Waals surface area contributed by atoms with Crippen molar-refractivity contribution in [3.05, 3.63) is 64.4 Å². The Labute approximate surface area is 129 Å². The molecule has 0 fully saturated rings. The van der Waals surface area contributed by atoms with Crippen LogP contribution in [-0.2, 0) is 4.79 Å². The van der Waals surface area contributed by atoms with Crippen LogP contribution in [0.25, 0.3) is 0 Å². The lowest BCUT2D eigenvalue weighted by atomic mass is 10.2. The van der Waals surface area contributed by atoms with Crippen molar-refractivity contribution in [1.82, 2.24) is 5.32 Å². The highest BCUT2D eigenvalue weighted by Crippen LogP contribution is 2.15. The van der Waals surface area contributed by atoms with Crippen molar-refractivity contribution in [1.29, 1.82) is 0 Å². The molecule has 2 rings (SSSR count). The molecule has 108 valence electrons. The molecule has 0 saturated heterocycles. The zero-order chi connectivity index (χ0) is 15.2. The maximum absolute atomic E-state index is 13.0. The molecule has 21 heavy (non-hydrogen) atoms.